The van der Waals surface area contributed by atoms with E-state index in [2.05, 4.69) is 0 Å². The van der Waals surface area contributed by atoms with Gasteiger partial charge < -0.3 is 15.3 Å². The summed E-state index contributed by atoms with van der Waals surface area (Å²) >= 11 is 0. The minimum atomic E-state index is -0.938. The highest BCUT2D eigenvalue weighted by Crippen LogP contribution is 2.15. The van der Waals surface area contributed by atoms with Crippen LogP contribution in [0.25, 0.3) is 0 Å². The summed E-state index contributed by atoms with van der Waals surface area (Å²) in [6, 6.07) is 6.40. The van der Waals surface area contributed by atoms with Gasteiger partial charge in [-0.3, -0.25) is 9.59 Å². The van der Waals surface area contributed by atoms with E-state index >= 15 is 0 Å². The van der Waals surface area contributed by atoms with Gasteiger partial charge in [-0.25, -0.2) is 0 Å². The zero-order valence-electron chi connectivity index (χ0n) is 8.17. The molecular weight excluding hydrogens is 200 g/mol. The number of hydrogen-bond acceptors (Lipinski definition) is 3. The van der Waals surface area contributed by atoms with Crippen LogP contribution in [0.4, 0.5) is 0 Å². The molecule has 0 aliphatic carbocycles. The van der Waals surface area contributed by atoms with Gasteiger partial charge in [0.1, 0.15) is 5.75 Å². The van der Waals surface area contributed by atoms with Crippen molar-refractivity contribution in [2.24, 2.45) is 0 Å². The molecule has 0 heterocycles. The van der Waals surface area contributed by atoms with E-state index in [0.29, 0.717) is 5.56 Å². The predicted octanol–water partition coefficient (Wildman–Crippen LogP) is 1.11. The molecule has 5 heteroatoms. The van der Waals surface area contributed by atoms with Crippen LogP contribution in [0, 0.1) is 0 Å². The minimum Gasteiger partial charge on any atom is -0.508 e. The molecule has 1 rings (SSSR count). The van der Waals surface area contributed by atoms with Crippen LogP contribution in [0.3, 0.4) is 0 Å². The molecule has 0 aliphatic rings. The molecule has 0 atom stereocenters. The Morgan fingerprint density at radius 2 is 1.67 bits per heavy atom. The van der Waals surface area contributed by atoms with Crippen molar-refractivity contribution in [2.75, 3.05) is 0 Å². The third kappa shape index (κ3) is 7.06. The number of para-hydroxylation sites is 1. The maximum atomic E-state index is 10.2. The molecule has 0 fully saturated rings. The molecule has 1 aromatic rings. The van der Waals surface area contributed by atoms with E-state index in [1.54, 1.807) is 18.2 Å². The van der Waals surface area contributed by atoms with Gasteiger partial charge in [-0.15, -0.1) is 0 Å². The normalized spacial score (nSPS) is 8.60. The average molecular weight is 212 g/mol. The maximum Gasteiger partial charge on any atom is 0.307 e. The largest absolute Gasteiger partial charge is 0.508 e. The lowest BCUT2D eigenvalue weighted by atomic mass is 10.1. The number of rotatable bonds is 2. The Morgan fingerprint density at radius 1 is 1.20 bits per heavy atom. The van der Waals surface area contributed by atoms with Crippen LogP contribution < -0.4 is 0 Å². The van der Waals surface area contributed by atoms with Gasteiger partial charge in [-0.2, -0.15) is 0 Å². The molecule has 0 spiro atoms. The van der Waals surface area contributed by atoms with E-state index < -0.39 is 11.9 Å². The van der Waals surface area contributed by atoms with Crippen LogP contribution in [-0.4, -0.2) is 27.3 Å². The Hall–Kier alpha value is -2.04. The predicted molar refractivity (Wildman–Crippen MR) is 52.8 cm³/mol. The van der Waals surface area contributed by atoms with E-state index in [1.165, 1.54) is 6.07 Å². The lowest BCUT2D eigenvalue weighted by molar-refractivity contribution is -0.136. The van der Waals surface area contributed by atoms with Gasteiger partial charge >= 0.3 is 5.97 Å². The highest BCUT2D eigenvalue weighted by Gasteiger charge is 2.03. The van der Waals surface area contributed by atoms with E-state index in [-0.39, 0.29) is 12.2 Å². The van der Waals surface area contributed by atoms with Gasteiger partial charge in [0.15, 0.2) is 0 Å². The van der Waals surface area contributed by atoms with Gasteiger partial charge in [-0.05, 0) is 6.07 Å². The van der Waals surface area contributed by atoms with Crippen LogP contribution in [-0.2, 0) is 16.0 Å². The summed E-state index contributed by atoms with van der Waals surface area (Å²) in [5.74, 6) is -1.73. The summed E-state index contributed by atoms with van der Waals surface area (Å²) < 4.78 is 0. The van der Waals surface area contributed by atoms with Crippen molar-refractivity contribution in [1.29, 1.82) is 0 Å². The van der Waals surface area contributed by atoms with Crippen LogP contribution >= 0.6 is 0 Å². The second-order valence-corrected chi connectivity index (χ2v) is 2.72. The van der Waals surface area contributed by atoms with Crippen LogP contribution in [0.5, 0.6) is 5.75 Å². The van der Waals surface area contributed by atoms with Gasteiger partial charge in [0.2, 0.25) is 0 Å². The molecule has 15 heavy (non-hydrogen) atoms. The topological polar surface area (TPSA) is 94.8 Å². The fraction of sp³-hybridized carbons (Fsp3) is 0.200. The van der Waals surface area contributed by atoms with E-state index in [9.17, 15) is 4.79 Å². The Morgan fingerprint density at radius 3 is 2.07 bits per heavy atom. The molecule has 0 unspecified atom stereocenters. The van der Waals surface area contributed by atoms with Gasteiger partial charge in [0.25, 0.3) is 5.97 Å². The monoisotopic (exact) mass is 212 g/mol. The number of aliphatic carboxylic acids is 2. The minimum absolute atomic E-state index is 0.0369. The lowest BCUT2D eigenvalue weighted by Gasteiger charge is -1.98. The quantitative estimate of drug-likeness (QED) is 0.682. The molecule has 5 nitrogen and oxygen atoms in total. The van der Waals surface area contributed by atoms with Crippen molar-refractivity contribution in [3.05, 3.63) is 29.8 Å². The standard InChI is InChI=1S/C8H8O3.C2H4O2/c9-7-4-2-1-3-6(7)5-8(10)11;1-2(3)4/h1-4,9H,5H2,(H,10,11);1H3,(H,3,4). The molecule has 0 saturated carbocycles. The fourth-order valence-electron chi connectivity index (χ4n) is 0.823. The zero-order valence-corrected chi connectivity index (χ0v) is 8.17. The number of hydrogen-bond donors (Lipinski definition) is 3. The van der Waals surface area contributed by atoms with Crippen molar-refractivity contribution in [1.82, 2.24) is 0 Å². The molecule has 0 saturated heterocycles. The third-order valence-electron chi connectivity index (χ3n) is 1.33. The Balaban J connectivity index is 0.000000423. The molecular formula is C10H12O5. The summed E-state index contributed by atoms with van der Waals surface area (Å²) in [4.78, 5) is 19.2. The molecule has 1 aromatic carbocycles. The van der Waals surface area contributed by atoms with E-state index in [1.807, 2.05) is 0 Å². The molecule has 82 valence electrons. The number of aromatic hydroxyl groups is 1. The molecule has 0 bridgehead atoms. The Labute approximate surface area is 86.6 Å². The molecule has 3 N–H and O–H groups in total. The second-order valence-electron chi connectivity index (χ2n) is 2.72. The first-order valence-corrected chi connectivity index (χ1v) is 4.11. The molecule has 0 radical (unpaired) electrons. The summed E-state index contributed by atoms with van der Waals surface area (Å²) in [6.45, 7) is 1.08. The molecule has 0 amide bonds. The van der Waals surface area contributed by atoms with Gasteiger partial charge in [0.05, 0.1) is 6.42 Å². The van der Waals surface area contributed by atoms with Crippen molar-refractivity contribution >= 4 is 11.9 Å². The summed E-state index contributed by atoms with van der Waals surface area (Å²) in [5, 5.41) is 24.9. The number of phenolic OH excluding ortho intramolecular Hbond substituents is 1. The number of carbonyl (C=O) groups is 2. The average Bonchev–Trinajstić information content (AvgIpc) is 2.07. The van der Waals surface area contributed by atoms with Crippen LogP contribution in [0.1, 0.15) is 12.5 Å². The van der Waals surface area contributed by atoms with Crippen molar-refractivity contribution in [3.8, 4) is 5.75 Å². The first-order chi connectivity index (χ1) is 6.93. The van der Waals surface area contributed by atoms with Crippen LogP contribution in [0.2, 0.25) is 0 Å². The first kappa shape index (κ1) is 13.0. The highest BCUT2D eigenvalue weighted by molar-refractivity contribution is 5.71. The highest BCUT2D eigenvalue weighted by atomic mass is 16.4. The zero-order chi connectivity index (χ0) is 11.8. The van der Waals surface area contributed by atoms with Crippen molar-refractivity contribution in [2.45, 2.75) is 13.3 Å². The molecule has 0 aliphatic heterocycles. The number of benzene rings is 1. The van der Waals surface area contributed by atoms with Crippen molar-refractivity contribution < 1.29 is 24.9 Å². The van der Waals surface area contributed by atoms with Gasteiger partial charge in [-0.1, -0.05) is 18.2 Å². The Bertz CT molecular complexity index is 341. The fourth-order valence-corrected chi connectivity index (χ4v) is 0.823. The van der Waals surface area contributed by atoms with E-state index in [0.717, 1.165) is 6.92 Å². The third-order valence-corrected chi connectivity index (χ3v) is 1.33. The summed E-state index contributed by atoms with van der Waals surface area (Å²) in [5.41, 5.74) is 0.444. The summed E-state index contributed by atoms with van der Waals surface area (Å²) in [7, 11) is 0. The van der Waals surface area contributed by atoms with Crippen molar-refractivity contribution in [3.63, 3.8) is 0 Å². The SMILES string of the molecule is CC(=O)O.O=C(O)Cc1ccccc1O. The summed E-state index contributed by atoms with van der Waals surface area (Å²) in [6.07, 6.45) is -0.132. The van der Waals surface area contributed by atoms with Gasteiger partial charge in [0, 0.05) is 12.5 Å². The smallest absolute Gasteiger partial charge is 0.307 e. The lowest BCUT2D eigenvalue weighted by Crippen LogP contribution is -1.99. The van der Waals surface area contributed by atoms with Crippen LogP contribution in [0.15, 0.2) is 24.3 Å². The number of carboxylic acid groups (broad SMARTS) is 2. The number of phenols is 1. The Kier molecular flexibility index (Phi) is 5.55. The molecule has 0 aromatic heterocycles. The van der Waals surface area contributed by atoms with E-state index in [4.69, 9.17) is 20.1 Å². The number of carboxylic acids is 2. The second kappa shape index (κ2) is 6.42. The first-order valence-electron chi connectivity index (χ1n) is 4.11. The maximum absolute atomic E-state index is 10.2.